The summed E-state index contributed by atoms with van der Waals surface area (Å²) in [5, 5.41) is 13.3. The molecular weight excluding hydrogens is 485 g/mol. The highest BCUT2D eigenvalue weighted by molar-refractivity contribution is 6.35. The number of halogens is 2. The normalized spacial score (nSPS) is 10.9. The van der Waals surface area contributed by atoms with Gasteiger partial charge in [0, 0.05) is 41.1 Å². The zero-order valence-corrected chi connectivity index (χ0v) is 21.2. The van der Waals surface area contributed by atoms with Gasteiger partial charge < -0.3 is 19.7 Å². The number of amides is 1. The fraction of sp³-hybridized carbons (Fsp3) is 0.185. The number of nitrogens with zero attached hydrogens (tertiary/aromatic N) is 2. The van der Waals surface area contributed by atoms with Gasteiger partial charge in [0.05, 0.1) is 6.61 Å². The lowest BCUT2D eigenvalue weighted by molar-refractivity contribution is -0.112. The Labute approximate surface area is 215 Å². The lowest BCUT2D eigenvalue weighted by Crippen LogP contribution is -2.14. The van der Waals surface area contributed by atoms with Crippen LogP contribution in [0.3, 0.4) is 0 Å². The van der Waals surface area contributed by atoms with Crippen molar-refractivity contribution in [2.45, 2.75) is 13.5 Å². The molecule has 1 amide bonds. The Morgan fingerprint density at radius 2 is 1.71 bits per heavy atom. The first-order valence-corrected chi connectivity index (χ1v) is 11.6. The molecule has 0 bridgehead atoms. The number of nitrogens with one attached hydrogen (secondary N) is 1. The minimum Gasteiger partial charge on any atom is -0.490 e. The molecule has 3 aromatic carbocycles. The molecule has 6 nitrogen and oxygen atoms in total. The Hall–Kier alpha value is -3.66. The third-order valence-corrected chi connectivity index (χ3v) is 5.73. The van der Waals surface area contributed by atoms with E-state index in [1.54, 1.807) is 48.5 Å². The zero-order valence-electron chi connectivity index (χ0n) is 19.6. The van der Waals surface area contributed by atoms with Gasteiger partial charge in [-0.25, -0.2) is 0 Å². The van der Waals surface area contributed by atoms with Gasteiger partial charge in [-0.2, -0.15) is 5.26 Å². The van der Waals surface area contributed by atoms with E-state index in [0.29, 0.717) is 45.0 Å². The van der Waals surface area contributed by atoms with E-state index < -0.39 is 5.91 Å². The predicted molar refractivity (Wildman–Crippen MR) is 141 cm³/mol. The number of hydrogen-bond acceptors (Lipinski definition) is 5. The second kappa shape index (κ2) is 12.2. The maximum atomic E-state index is 12.7. The Bertz CT molecular complexity index is 1250. The van der Waals surface area contributed by atoms with Gasteiger partial charge in [0.2, 0.25) is 0 Å². The molecule has 1 N–H and O–H groups in total. The van der Waals surface area contributed by atoms with Crippen LogP contribution in [0.25, 0.3) is 6.08 Å². The highest BCUT2D eigenvalue weighted by Gasteiger charge is 2.13. The van der Waals surface area contributed by atoms with Crippen LogP contribution in [0, 0.1) is 11.3 Å². The molecule has 0 aliphatic heterocycles. The van der Waals surface area contributed by atoms with E-state index in [1.165, 1.54) is 6.08 Å². The van der Waals surface area contributed by atoms with Crippen LogP contribution < -0.4 is 19.7 Å². The van der Waals surface area contributed by atoms with E-state index in [1.807, 2.05) is 44.1 Å². The van der Waals surface area contributed by atoms with Crippen molar-refractivity contribution in [3.63, 3.8) is 0 Å². The van der Waals surface area contributed by atoms with Crippen molar-refractivity contribution in [3.05, 3.63) is 87.4 Å². The summed E-state index contributed by atoms with van der Waals surface area (Å²) in [7, 11) is 3.87. The molecule has 0 aromatic heterocycles. The monoisotopic (exact) mass is 509 g/mol. The SMILES string of the molecule is CCOc1cc(/C=C(/C#N)C(=O)Nc2ccc(N(C)C)cc2)ccc1OCc1c(Cl)cccc1Cl. The fourth-order valence-corrected chi connectivity index (χ4v) is 3.69. The van der Waals surface area contributed by atoms with Crippen molar-refractivity contribution in [3.8, 4) is 17.6 Å². The molecule has 3 rings (SSSR count). The second-order valence-corrected chi connectivity index (χ2v) is 8.51. The average Bonchev–Trinajstić information content (AvgIpc) is 2.83. The third-order valence-electron chi connectivity index (χ3n) is 5.02. The van der Waals surface area contributed by atoms with Crippen LogP contribution >= 0.6 is 23.2 Å². The largest absolute Gasteiger partial charge is 0.490 e. The number of ether oxygens (including phenoxy) is 2. The molecule has 0 heterocycles. The molecule has 0 saturated carbocycles. The van der Waals surface area contributed by atoms with Crippen molar-refractivity contribution in [1.82, 2.24) is 0 Å². The zero-order chi connectivity index (χ0) is 25.4. The van der Waals surface area contributed by atoms with Crippen LogP contribution in [-0.4, -0.2) is 26.6 Å². The quantitative estimate of drug-likeness (QED) is 0.260. The van der Waals surface area contributed by atoms with Crippen LogP contribution in [0.2, 0.25) is 10.0 Å². The first kappa shape index (κ1) is 26.0. The summed E-state index contributed by atoms with van der Waals surface area (Å²) in [5.41, 5.74) is 2.84. The Balaban J connectivity index is 1.78. The fourth-order valence-electron chi connectivity index (χ4n) is 3.18. The first-order valence-electron chi connectivity index (χ1n) is 10.9. The van der Waals surface area contributed by atoms with Crippen LogP contribution in [0.4, 0.5) is 11.4 Å². The molecule has 0 aliphatic carbocycles. The Morgan fingerprint density at radius 1 is 1.03 bits per heavy atom. The third kappa shape index (κ3) is 6.92. The van der Waals surface area contributed by atoms with Crippen molar-refractivity contribution < 1.29 is 14.3 Å². The molecule has 0 fully saturated rings. The molecule has 0 spiro atoms. The van der Waals surface area contributed by atoms with Gasteiger partial charge in [0.15, 0.2) is 11.5 Å². The smallest absolute Gasteiger partial charge is 0.266 e. The van der Waals surface area contributed by atoms with Crippen LogP contribution in [-0.2, 0) is 11.4 Å². The van der Waals surface area contributed by atoms with Crippen LogP contribution in [0.15, 0.2) is 66.2 Å². The molecule has 3 aromatic rings. The Morgan fingerprint density at radius 3 is 2.31 bits per heavy atom. The number of anilines is 2. The van der Waals surface area contributed by atoms with Gasteiger partial charge in [0.25, 0.3) is 5.91 Å². The molecule has 35 heavy (non-hydrogen) atoms. The number of benzene rings is 3. The minimum absolute atomic E-state index is 0.0411. The topological polar surface area (TPSA) is 74.6 Å². The molecule has 8 heteroatoms. The molecule has 0 saturated heterocycles. The summed E-state index contributed by atoms with van der Waals surface area (Å²) in [5.74, 6) is 0.460. The lowest BCUT2D eigenvalue weighted by atomic mass is 10.1. The predicted octanol–water partition coefficient (Wildman–Crippen LogP) is 6.58. The minimum atomic E-state index is -0.503. The summed E-state index contributed by atoms with van der Waals surface area (Å²) < 4.78 is 11.6. The number of carbonyl (C=O) groups excluding carboxylic acids is 1. The summed E-state index contributed by atoms with van der Waals surface area (Å²) in [6.07, 6.45) is 1.50. The van der Waals surface area contributed by atoms with E-state index >= 15 is 0 Å². The number of rotatable bonds is 9. The van der Waals surface area contributed by atoms with Gasteiger partial charge in [-0.3, -0.25) is 4.79 Å². The van der Waals surface area contributed by atoms with E-state index in [2.05, 4.69) is 5.32 Å². The maximum Gasteiger partial charge on any atom is 0.266 e. The Kier molecular flexibility index (Phi) is 9.02. The number of carbonyl (C=O) groups is 1. The van der Waals surface area contributed by atoms with E-state index in [0.717, 1.165) is 5.69 Å². The van der Waals surface area contributed by atoms with Crippen molar-refractivity contribution in [2.24, 2.45) is 0 Å². The highest BCUT2D eigenvalue weighted by atomic mass is 35.5. The number of nitriles is 1. The second-order valence-electron chi connectivity index (χ2n) is 7.69. The van der Waals surface area contributed by atoms with E-state index in [-0.39, 0.29) is 12.2 Å². The van der Waals surface area contributed by atoms with Crippen LogP contribution in [0.5, 0.6) is 11.5 Å². The van der Waals surface area contributed by atoms with Gasteiger partial charge in [0.1, 0.15) is 18.2 Å². The molecule has 0 radical (unpaired) electrons. The average molecular weight is 510 g/mol. The molecule has 0 atom stereocenters. The van der Waals surface area contributed by atoms with Gasteiger partial charge in [-0.05, 0) is 67.1 Å². The van der Waals surface area contributed by atoms with Crippen LogP contribution in [0.1, 0.15) is 18.1 Å². The maximum absolute atomic E-state index is 12.7. The molecular formula is C27H25Cl2N3O3. The highest BCUT2D eigenvalue weighted by Crippen LogP contribution is 2.32. The number of hydrogen-bond donors (Lipinski definition) is 1. The van der Waals surface area contributed by atoms with Gasteiger partial charge in [-0.15, -0.1) is 0 Å². The van der Waals surface area contributed by atoms with Crippen molar-refractivity contribution >= 4 is 46.6 Å². The van der Waals surface area contributed by atoms with Crippen molar-refractivity contribution in [1.29, 1.82) is 5.26 Å². The van der Waals surface area contributed by atoms with Gasteiger partial charge >= 0.3 is 0 Å². The van der Waals surface area contributed by atoms with E-state index in [9.17, 15) is 10.1 Å². The molecule has 0 unspecified atom stereocenters. The molecule has 180 valence electrons. The van der Waals surface area contributed by atoms with E-state index in [4.69, 9.17) is 32.7 Å². The summed E-state index contributed by atoms with van der Waals surface area (Å²) in [6.45, 7) is 2.42. The standard InChI is InChI=1S/C27H25Cl2N3O3/c1-4-34-26-15-18(8-13-25(26)35-17-22-23(28)6-5-7-24(22)29)14-19(16-30)27(33)31-20-9-11-21(12-10-20)32(2)3/h5-15H,4,17H2,1-3H3,(H,31,33)/b19-14-. The van der Waals surface area contributed by atoms with Gasteiger partial charge in [-0.1, -0.05) is 35.3 Å². The first-order chi connectivity index (χ1) is 16.8. The lowest BCUT2D eigenvalue weighted by Gasteiger charge is -2.14. The summed E-state index contributed by atoms with van der Waals surface area (Å²) >= 11 is 12.5. The molecule has 0 aliphatic rings. The van der Waals surface area contributed by atoms with Crippen molar-refractivity contribution in [2.75, 3.05) is 30.9 Å². The summed E-state index contributed by atoms with van der Waals surface area (Å²) in [4.78, 5) is 14.6. The summed E-state index contributed by atoms with van der Waals surface area (Å²) in [6, 6.07) is 19.7.